The molecule has 0 aliphatic carbocycles. The molecule has 0 spiro atoms. The average Bonchev–Trinajstić information content (AvgIpc) is 2.51. The molecule has 0 aliphatic rings. The summed E-state index contributed by atoms with van der Waals surface area (Å²) >= 11 is 0. The molecule has 0 aromatic carbocycles. The molecule has 84 valence electrons. The van der Waals surface area contributed by atoms with Crippen molar-refractivity contribution in [1.82, 2.24) is 15.1 Å². The first-order valence-electron chi connectivity index (χ1n) is 5.34. The lowest BCUT2D eigenvalue weighted by Crippen LogP contribution is -2.28. The summed E-state index contributed by atoms with van der Waals surface area (Å²) in [5.41, 5.74) is 0.992. The highest BCUT2D eigenvalue weighted by Gasteiger charge is 2.09. The summed E-state index contributed by atoms with van der Waals surface area (Å²) in [6, 6.07) is 0.263. The Balaban J connectivity index is 2.36. The minimum atomic E-state index is 0.261. The Kier molecular flexibility index (Phi) is 4.49. The van der Waals surface area contributed by atoms with Gasteiger partial charge in [-0.3, -0.25) is 9.48 Å². The first-order chi connectivity index (χ1) is 7.11. The van der Waals surface area contributed by atoms with Crippen LogP contribution in [0.15, 0.2) is 12.4 Å². The van der Waals surface area contributed by atoms with Crippen molar-refractivity contribution in [3.8, 4) is 0 Å². The molecule has 1 aromatic heterocycles. The Hall–Kier alpha value is -1.16. The minimum absolute atomic E-state index is 0.261. The van der Waals surface area contributed by atoms with Crippen molar-refractivity contribution in [3.05, 3.63) is 18.0 Å². The zero-order valence-electron chi connectivity index (χ0n) is 9.66. The van der Waals surface area contributed by atoms with Gasteiger partial charge in [0, 0.05) is 32.1 Å². The lowest BCUT2D eigenvalue weighted by Gasteiger charge is -2.10. The number of aryl methyl sites for hydroxylation is 1. The van der Waals surface area contributed by atoms with Gasteiger partial charge >= 0.3 is 0 Å². The van der Waals surface area contributed by atoms with E-state index in [0.29, 0.717) is 12.8 Å². The standard InChI is InChI=1S/C11H19N3O/c1-4-12-9(2)5-11(15)6-10-7-13-14(3)8-10/h7-9,12H,4-6H2,1-3H3. The van der Waals surface area contributed by atoms with Crippen LogP contribution in [0.3, 0.4) is 0 Å². The van der Waals surface area contributed by atoms with E-state index in [-0.39, 0.29) is 11.8 Å². The highest BCUT2D eigenvalue weighted by Crippen LogP contribution is 2.02. The largest absolute Gasteiger partial charge is 0.314 e. The number of nitrogens with zero attached hydrogens (tertiary/aromatic N) is 2. The molecule has 1 N–H and O–H groups in total. The zero-order chi connectivity index (χ0) is 11.3. The normalized spacial score (nSPS) is 12.7. The van der Waals surface area contributed by atoms with Gasteiger partial charge in [-0.05, 0) is 19.0 Å². The maximum Gasteiger partial charge on any atom is 0.138 e. The fourth-order valence-corrected chi connectivity index (χ4v) is 1.63. The van der Waals surface area contributed by atoms with Crippen LogP contribution < -0.4 is 5.32 Å². The fraction of sp³-hybridized carbons (Fsp3) is 0.636. The van der Waals surface area contributed by atoms with Crippen LogP contribution in [0.4, 0.5) is 0 Å². The second-order valence-electron chi connectivity index (χ2n) is 3.90. The zero-order valence-corrected chi connectivity index (χ0v) is 9.66. The van der Waals surface area contributed by atoms with Crippen molar-refractivity contribution in [2.24, 2.45) is 7.05 Å². The van der Waals surface area contributed by atoms with E-state index in [1.807, 2.05) is 27.1 Å². The maximum absolute atomic E-state index is 11.6. The number of ketones is 1. The Bertz CT molecular complexity index is 319. The van der Waals surface area contributed by atoms with E-state index in [2.05, 4.69) is 10.4 Å². The van der Waals surface area contributed by atoms with Gasteiger partial charge in [0.05, 0.1) is 6.20 Å². The molecule has 1 unspecified atom stereocenters. The number of carbonyl (C=O) groups excluding carboxylic acids is 1. The van der Waals surface area contributed by atoms with Crippen molar-refractivity contribution in [2.75, 3.05) is 6.54 Å². The number of rotatable bonds is 6. The van der Waals surface area contributed by atoms with Gasteiger partial charge < -0.3 is 5.32 Å². The highest BCUT2D eigenvalue weighted by atomic mass is 16.1. The van der Waals surface area contributed by atoms with E-state index < -0.39 is 0 Å². The first-order valence-corrected chi connectivity index (χ1v) is 5.34. The van der Waals surface area contributed by atoms with Gasteiger partial charge in [-0.2, -0.15) is 5.10 Å². The first kappa shape index (κ1) is 11.9. The van der Waals surface area contributed by atoms with Crippen molar-refractivity contribution in [3.63, 3.8) is 0 Å². The van der Waals surface area contributed by atoms with E-state index in [9.17, 15) is 4.79 Å². The predicted molar refractivity (Wildman–Crippen MR) is 59.7 cm³/mol. The smallest absolute Gasteiger partial charge is 0.138 e. The number of hydrogen-bond donors (Lipinski definition) is 1. The van der Waals surface area contributed by atoms with Gasteiger partial charge in [-0.15, -0.1) is 0 Å². The van der Waals surface area contributed by atoms with Crippen molar-refractivity contribution >= 4 is 5.78 Å². The number of nitrogens with one attached hydrogen (secondary N) is 1. The maximum atomic E-state index is 11.6. The molecule has 0 aliphatic heterocycles. The molecule has 1 heterocycles. The van der Waals surface area contributed by atoms with E-state index in [1.54, 1.807) is 10.9 Å². The minimum Gasteiger partial charge on any atom is -0.314 e. The second kappa shape index (κ2) is 5.66. The molecule has 4 nitrogen and oxygen atoms in total. The summed E-state index contributed by atoms with van der Waals surface area (Å²) in [6.45, 7) is 4.98. The Labute approximate surface area is 90.7 Å². The molecule has 0 saturated carbocycles. The number of Topliss-reactive ketones (excluding diaryl/α,β-unsaturated/α-hetero) is 1. The van der Waals surface area contributed by atoms with E-state index in [0.717, 1.165) is 12.1 Å². The van der Waals surface area contributed by atoms with Crippen molar-refractivity contribution in [2.45, 2.75) is 32.7 Å². The van der Waals surface area contributed by atoms with E-state index in [4.69, 9.17) is 0 Å². The summed E-state index contributed by atoms with van der Waals surface area (Å²) in [4.78, 5) is 11.6. The van der Waals surface area contributed by atoms with Crippen LogP contribution in [0.5, 0.6) is 0 Å². The Morgan fingerprint density at radius 3 is 2.93 bits per heavy atom. The van der Waals surface area contributed by atoms with E-state index >= 15 is 0 Å². The van der Waals surface area contributed by atoms with Crippen LogP contribution in [-0.4, -0.2) is 28.2 Å². The van der Waals surface area contributed by atoms with Crippen LogP contribution >= 0.6 is 0 Å². The van der Waals surface area contributed by atoms with Gasteiger partial charge in [0.25, 0.3) is 0 Å². The molecule has 4 heteroatoms. The summed E-state index contributed by atoms with van der Waals surface area (Å²) in [5, 5.41) is 7.26. The summed E-state index contributed by atoms with van der Waals surface area (Å²) in [7, 11) is 1.86. The molecule has 0 bridgehead atoms. The molecule has 0 fully saturated rings. The molecular weight excluding hydrogens is 190 g/mol. The molecule has 0 radical (unpaired) electrons. The third kappa shape index (κ3) is 4.25. The molecule has 1 atom stereocenters. The van der Waals surface area contributed by atoms with Gasteiger partial charge in [0.15, 0.2) is 0 Å². The molecule has 0 saturated heterocycles. The van der Waals surface area contributed by atoms with E-state index in [1.165, 1.54) is 0 Å². The average molecular weight is 209 g/mol. The topological polar surface area (TPSA) is 46.9 Å². The van der Waals surface area contributed by atoms with Crippen molar-refractivity contribution < 1.29 is 4.79 Å². The Morgan fingerprint density at radius 1 is 1.67 bits per heavy atom. The van der Waals surface area contributed by atoms with Crippen LogP contribution in [0.2, 0.25) is 0 Å². The molecule has 1 aromatic rings. The highest BCUT2D eigenvalue weighted by molar-refractivity contribution is 5.81. The van der Waals surface area contributed by atoms with Gasteiger partial charge in [0.2, 0.25) is 0 Å². The van der Waals surface area contributed by atoms with Gasteiger partial charge in [-0.1, -0.05) is 6.92 Å². The third-order valence-corrected chi connectivity index (χ3v) is 2.25. The van der Waals surface area contributed by atoms with Crippen LogP contribution in [-0.2, 0) is 18.3 Å². The summed E-state index contributed by atoms with van der Waals surface area (Å²) in [5.74, 6) is 0.261. The van der Waals surface area contributed by atoms with Gasteiger partial charge in [0.1, 0.15) is 5.78 Å². The molecule has 0 amide bonds. The van der Waals surface area contributed by atoms with Gasteiger partial charge in [-0.25, -0.2) is 0 Å². The lowest BCUT2D eigenvalue weighted by atomic mass is 10.1. The third-order valence-electron chi connectivity index (χ3n) is 2.25. The van der Waals surface area contributed by atoms with Crippen LogP contribution in [0, 0.1) is 0 Å². The summed E-state index contributed by atoms with van der Waals surface area (Å²) < 4.78 is 1.72. The fourth-order valence-electron chi connectivity index (χ4n) is 1.63. The summed E-state index contributed by atoms with van der Waals surface area (Å²) in [6.07, 6.45) is 4.71. The Morgan fingerprint density at radius 2 is 2.40 bits per heavy atom. The number of hydrogen-bond acceptors (Lipinski definition) is 3. The predicted octanol–water partition coefficient (Wildman–Crippen LogP) is 0.920. The van der Waals surface area contributed by atoms with Crippen LogP contribution in [0.1, 0.15) is 25.8 Å². The number of carbonyl (C=O) groups is 1. The molecular formula is C11H19N3O. The molecule has 15 heavy (non-hydrogen) atoms. The van der Waals surface area contributed by atoms with Crippen molar-refractivity contribution in [1.29, 1.82) is 0 Å². The lowest BCUT2D eigenvalue weighted by molar-refractivity contribution is -0.118. The van der Waals surface area contributed by atoms with Crippen LogP contribution in [0.25, 0.3) is 0 Å². The molecule has 1 rings (SSSR count). The quantitative estimate of drug-likeness (QED) is 0.758. The SMILES string of the molecule is CCNC(C)CC(=O)Cc1cnn(C)c1. The monoisotopic (exact) mass is 209 g/mol. The second-order valence-corrected chi connectivity index (χ2v) is 3.90. The number of aromatic nitrogens is 2.